The Bertz CT molecular complexity index is 1330. The van der Waals surface area contributed by atoms with Crippen molar-refractivity contribution in [1.29, 1.82) is 0 Å². The van der Waals surface area contributed by atoms with Crippen LogP contribution in [0.3, 0.4) is 0 Å². The molecule has 8 heteroatoms. The molecule has 1 amide bonds. The van der Waals surface area contributed by atoms with E-state index in [2.05, 4.69) is 17.1 Å². The zero-order chi connectivity index (χ0) is 25.4. The van der Waals surface area contributed by atoms with Crippen molar-refractivity contribution in [1.82, 2.24) is 5.43 Å². The van der Waals surface area contributed by atoms with Crippen molar-refractivity contribution < 1.29 is 17.9 Å². The first kappa shape index (κ1) is 25.7. The van der Waals surface area contributed by atoms with E-state index >= 15 is 0 Å². The van der Waals surface area contributed by atoms with Crippen LogP contribution in [0.5, 0.6) is 5.75 Å². The van der Waals surface area contributed by atoms with Crippen LogP contribution in [-0.2, 0) is 14.8 Å². The van der Waals surface area contributed by atoms with Crippen molar-refractivity contribution in [3.8, 4) is 5.75 Å². The van der Waals surface area contributed by atoms with Gasteiger partial charge in [-0.2, -0.15) is 5.10 Å². The molecule has 0 aromatic heterocycles. The lowest BCUT2D eigenvalue weighted by Gasteiger charge is -2.24. The third-order valence-electron chi connectivity index (χ3n) is 5.30. The molecule has 0 fully saturated rings. The Morgan fingerprint density at radius 2 is 1.77 bits per heavy atom. The van der Waals surface area contributed by atoms with Crippen LogP contribution in [-0.4, -0.2) is 33.7 Å². The van der Waals surface area contributed by atoms with Crippen LogP contribution in [0.1, 0.15) is 22.3 Å². The summed E-state index contributed by atoms with van der Waals surface area (Å²) < 4.78 is 33.5. The molecule has 0 bridgehead atoms. The number of amides is 1. The molecule has 0 aliphatic heterocycles. The Balaban J connectivity index is 1.81. The number of aryl methyl sites for hydroxylation is 3. The molecular formula is C27H29N3O4S. The van der Waals surface area contributed by atoms with Crippen LogP contribution in [0.4, 0.5) is 5.69 Å². The van der Waals surface area contributed by atoms with Crippen LogP contribution in [0.15, 0.2) is 89.4 Å². The van der Waals surface area contributed by atoms with E-state index in [0.717, 1.165) is 21.0 Å². The number of hydrazone groups is 1. The van der Waals surface area contributed by atoms with Gasteiger partial charge in [-0.15, -0.1) is 0 Å². The van der Waals surface area contributed by atoms with Crippen molar-refractivity contribution in [2.45, 2.75) is 25.7 Å². The molecule has 0 radical (unpaired) electrons. The lowest BCUT2D eigenvalue weighted by Crippen LogP contribution is -2.39. The van der Waals surface area contributed by atoms with Gasteiger partial charge in [0.05, 0.1) is 16.8 Å². The SMILES string of the molecule is C=CCOc1cccc(/C=N\NC(=O)CN(c2ccc(C)c(C)c2)S(=O)(=O)c2ccc(C)cc2)c1. The minimum Gasteiger partial charge on any atom is -0.490 e. The maximum Gasteiger partial charge on any atom is 0.264 e. The fourth-order valence-corrected chi connectivity index (χ4v) is 4.63. The van der Waals surface area contributed by atoms with Crippen LogP contribution in [0, 0.1) is 20.8 Å². The highest BCUT2D eigenvalue weighted by Gasteiger charge is 2.27. The summed E-state index contributed by atoms with van der Waals surface area (Å²) in [6, 6.07) is 19.0. The van der Waals surface area contributed by atoms with Crippen LogP contribution in [0.2, 0.25) is 0 Å². The summed E-state index contributed by atoms with van der Waals surface area (Å²) in [6.45, 7) is 9.28. The standard InChI is InChI=1S/C27H29N3O4S/c1-5-15-34-25-8-6-7-23(17-25)18-28-29-27(31)19-30(24-12-11-21(3)22(4)16-24)35(32,33)26-13-9-20(2)10-14-26/h5-14,16-18H,1,15,19H2,2-4H3,(H,29,31)/b28-18-. The van der Waals surface area contributed by atoms with E-state index < -0.39 is 22.5 Å². The topological polar surface area (TPSA) is 88.1 Å². The average Bonchev–Trinajstić information content (AvgIpc) is 2.83. The van der Waals surface area contributed by atoms with E-state index in [1.54, 1.807) is 54.6 Å². The van der Waals surface area contributed by atoms with Crippen molar-refractivity contribution in [2.24, 2.45) is 5.10 Å². The molecule has 3 rings (SSSR count). The quantitative estimate of drug-likeness (QED) is 0.257. The first-order chi connectivity index (χ1) is 16.7. The van der Waals surface area contributed by atoms with E-state index in [1.165, 1.54) is 18.3 Å². The van der Waals surface area contributed by atoms with Gasteiger partial charge in [0.1, 0.15) is 18.9 Å². The van der Waals surface area contributed by atoms with Gasteiger partial charge in [-0.25, -0.2) is 13.8 Å². The predicted molar refractivity (Wildman–Crippen MR) is 139 cm³/mol. The largest absolute Gasteiger partial charge is 0.490 e. The first-order valence-corrected chi connectivity index (χ1v) is 12.5. The van der Waals surface area contributed by atoms with Crippen molar-refractivity contribution >= 4 is 27.8 Å². The van der Waals surface area contributed by atoms with Gasteiger partial charge < -0.3 is 4.74 Å². The third kappa shape index (κ3) is 6.80. The molecule has 0 saturated heterocycles. The molecule has 7 nitrogen and oxygen atoms in total. The van der Waals surface area contributed by atoms with Crippen molar-refractivity contribution in [2.75, 3.05) is 17.5 Å². The van der Waals surface area contributed by atoms with E-state index in [9.17, 15) is 13.2 Å². The van der Waals surface area contributed by atoms with Crippen LogP contribution >= 0.6 is 0 Å². The van der Waals surface area contributed by atoms with Crippen LogP contribution in [0.25, 0.3) is 0 Å². The molecule has 0 saturated carbocycles. The highest BCUT2D eigenvalue weighted by molar-refractivity contribution is 7.92. The maximum atomic E-state index is 13.5. The second kappa shape index (κ2) is 11.5. The average molecular weight is 492 g/mol. The number of carbonyl (C=O) groups is 1. The summed E-state index contributed by atoms with van der Waals surface area (Å²) in [7, 11) is -3.99. The Kier molecular flexibility index (Phi) is 8.43. The molecule has 3 aromatic rings. The number of nitrogens with one attached hydrogen (secondary N) is 1. The zero-order valence-corrected chi connectivity index (χ0v) is 20.9. The number of anilines is 1. The highest BCUT2D eigenvalue weighted by atomic mass is 32.2. The number of nitrogens with zero attached hydrogens (tertiary/aromatic N) is 2. The van der Waals surface area contributed by atoms with Crippen molar-refractivity contribution in [3.05, 3.63) is 102 Å². The van der Waals surface area contributed by atoms with Gasteiger partial charge in [0.25, 0.3) is 15.9 Å². The fraction of sp³-hybridized carbons (Fsp3) is 0.185. The van der Waals surface area contributed by atoms with Gasteiger partial charge in [0, 0.05) is 0 Å². The lowest BCUT2D eigenvalue weighted by atomic mass is 10.1. The number of hydrogen-bond acceptors (Lipinski definition) is 5. The number of rotatable bonds is 10. The minimum absolute atomic E-state index is 0.106. The lowest BCUT2D eigenvalue weighted by molar-refractivity contribution is -0.119. The molecule has 0 spiro atoms. The Hall–Kier alpha value is -3.91. The molecule has 35 heavy (non-hydrogen) atoms. The second-order valence-electron chi connectivity index (χ2n) is 8.06. The van der Waals surface area contributed by atoms with Gasteiger partial charge >= 0.3 is 0 Å². The third-order valence-corrected chi connectivity index (χ3v) is 7.09. The number of carbonyl (C=O) groups excluding carboxylic acids is 1. The summed E-state index contributed by atoms with van der Waals surface area (Å²) in [6.07, 6.45) is 3.11. The Morgan fingerprint density at radius 1 is 1.03 bits per heavy atom. The highest BCUT2D eigenvalue weighted by Crippen LogP contribution is 2.26. The van der Waals surface area contributed by atoms with E-state index in [-0.39, 0.29) is 4.90 Å². The minimum atomic E-state index is -3.99. The van der Waals surface area contributed by atoms with E-state index in [4.69, 9.17) is 4.74 Å². The molecular weight excluding hydrogens is 462 g/mol. The molecule has 0 unspecified atom stereocenters. The molecule has 1 N–H and O–H groups in total. The molecule has 0 atom stereocenters. The smallest absolute Gasteiger partial charge is 0.264 e. The maximum absolute atomic E-state index is 13.5. The van der Waals surface area contributed by atoms with Gasteiger partial charge in [-0.05, 0) is 73.9 Å². The summed E-state index contributed by atoms with van der Waals surface area (Å²) in [5.74, 6) is 0.0690. The summed E-state index contributed by atoms with van der Waals surface area (Å²) in [5, 5.41) is 3.99. The molecule has 0 heterocycles. The monoisotopic (exact) mass is 491 g/mol. The number of hydrogen-bond donors (Lipinski definition) is 1. The zero-order valence-electron chi connectivity index (χ0n) is 20.1. The Labute approximate surface area is 206 Å². The second-order valence-corrected chi connectivity index (χ2v) is 9.92. The Morgan fingerprint density at radius 3 is 2.46 bits per heavy atom. The van der Waals surface area contributed by atoms with Gasteiger partial charge in [0.2, 0.25) is 0 Å². The summed E-state index contributed by atoms with van der Waals surface area (Å²) in [5.41, 5.74) is 6.42. The molecule has 0 aliphatic rings. The summed E-state index contributed by atoms with van der Waals surface area (Å²) in [4.78, 5) is 12.8. The molecule has 3 aromatic carbocycles. The number of benzene rings is 3. The predicted octanol–water partition coefficient (Wildman–Crippen LogP) is 4.52. The van der Waals surface area contributed by atoms with Gasteiger partial charge in [0.15, 0.2) is 0 Å². The normalized spacial score (nSPS) is 11.3. The van der Waals surface area contributed by atoms with E-state index in [0.29, 0.717) is 23.6 Å². The van der Waals surface area contributed by atoms with Gasteiger partial charge in [-0.1, -0.05) is 48.6 Å². The summed E-state index contributed by atoms with van der Waals surface area (Å²) >= 11 is 0. The molecule has 182 valence electrons. The van der Waals surface area contributed by atoms with Gasteiger partial charge in [-0.3, -0.25) is 9.10 Å². The fourth-order valence-electron chi connectivity index (χ4n) is 3.22. The number of ether oxygens (including phenoxy) is 1. The number of sulfonamides is 1. The van der Waals surface area contributed by atoms with Crippen LogP contribution < -0.4 is 14.5 Å². The van der Waals surface area contributed by atoms with E-state index in [1.807, 2.05) is 26.8 Å². The molecule has 0 aliphatic carbocycles. The first-order valence-electron chi connectivity index (χ1n) is 11.0. The van der Waals surface area contributed by atoms with Crippen molar-refractivity contribution in [3.63, 3.8) is 0 Å².